The van der Waals surface area contributed by atoms with Gasteiger partial charge in [0, 0.05) is 6.07 Å². The molecular weight excluding hydrogens is 371 g/mol. The second-order valence-electron chi connectivity index (χ2n) is 7.47. The number of fused-ring (bicyclic) bond motifs is 1. The van der Waals surface area contributed by atoms with Crippen LogP contribution in [-0.4, -0.2) is 22.3 Å². The van der Waals surface area contributed by atoms with Crippen molar-refractivity contribution < 1.29 is 13.9 Å². The van der Waals surface area contributed by atoms with Gasteiger partial charge in [-0.05, 0) is 34.7 Å². The lowest BCUT2D eigenvalue weighted by Crippen LogP contribution is -2.23. The minimum absolute atomic E-state index is 0.152. The Bertz CT molecular complexity index is 1060. The van der Waals surface area contributed by atoms with Crippen molar-refractivity contribution in [1.82, 2.24) is 9.55 Å². The number of benzene rings is 2. The molecule has 0 saturated carbocycles. The van der Waals surface area contributed by atoms with Gasteiger partial charge in [-0.1, -0.05) is 50.2 Å². The van der Waals surface area contributed by atoms with Gasteiger partial charge in [-0.2, -0.15) is 4.98 Å². The Hall–Kier alpha value is -3.15. The highest BCUT2D eigenvalue weighted by Gasteiger charge is 2.26. The largest absolute Gasteiger partial charge is 0.490 e. The van der Waals surface area contributed by atoms with Gasteiger partial charge >= 0.3 is 6.01 Å². The Labute approximate surface area is 168 Å². The highest BCUT2D eigenvalue weighted by Crippen LogP contribution is 2.26. The second kappa shape index (κ2) is 8.07. The number of hydrogen-bond acceptors (Lipinski definition) is 4. The van der Waals surface area contributed by atoms with Crippen molar-refractivity contribution in [2.45, 2.75) is 39.1 Å². The highest BCUT2D eigenvalue weighted by atomic mass is 19.1. The summed E-state index contributed by atoms with van der Waals surface area (Å²) < 4.78 is 26.2. The van der Waals surface area contributed by atoms with E-state index in [1.165, 1.54) is 17.2 Å². The van der Waals surface area contributed by atoms with Crippen LogP contribution in [0.15, 0.2) is 59.4 Å². The van der Waals surface area contributed by atoms with Crippen LogP contribution in [0, 0.1) is 0 Å². The van der Waals surface area contributed by atoms with Crippen molar-refractivity contribution in [3.63, 3.8) is 0 Å². The predicted octanol–water partition coefficient (Wildman–Crippen LogP) is 4.34. The van der Waals surface area contributed by atoms with Crippen LogP contribution in [0.25, 0.3) is 11.1 Å². The maximum absolute atomic E-state index is 13.1. The first-order valence-electron chi connectivity index (χ1n) is 9.70. The van der Waals surface area contributed by atoms with Crippen molar-refractivity contribution in [1.29, 1.82) is 0 Å². The molecule has 0 aliphatic carbocycles. The van der Waals surface area contributed by atoms with E-state index in [-0.39, 0.29) is 24.4 Å². The van der Waals surface area contributed by atoms with Crippen molar-refractivity contribution in [2.75, 3.05) is 6.61 Å². The van der Waals surface area contributed by atoms with Crippen LogP contribution < -0.4 is 15.0 Å². The molecule has 1 aliphatic rings. The van der Waals surface area contributed by atoms with Gasteiger partial charge in [0.05, 0.1) is 12.2 Å². The maximum atomic E-state index is 13.1. The molecule has 0 spiro atoms. The topological polar surface area (TPSA) is 53.4 Å². The van der Waals surface area contributed by atoms with Gasteiger partial charge in [0.25, 0.3) is 5.56 Å². The lowest BCUT2D eigenvalue weighted by Gasteiger charge is -2.12. The third kappa shape index (κ3) is 4.16. The molecule has 1 atom stereocenters. The zero-order chi connectivity index (χ0) is 20.4. The van der Waals surface area contributed by atoms with Gasteiger partial charge in [-0.25, -0.2) is 4.39 Å². The van der Waals surface area contributed by atoms with E-state index in [1.54, 1.807) is 4.57 Å². The van der Waals surface area contributed by atoms with Gasteiger partial charge in [0.2, 0.25) is 0 Å². The van der Waals surface area contributed by atoms with E-state index in [1.807, 2.05) is 24.3 Å². The molecule has 6 heteroatoms. The molecule has 2 aromatic carbocycles. The van der Waals surface area contributed by atoms with E-state index in [4.69, 9.17) is 9.47 Å². The van der Waals surface area contributed by atoms with E-state index in [2.05, 4.69) is 43.1 Å². The SMILES string of the molecule is CC(C)c1cccc(-c2ccc(OCC3Cn4c(CF)cc(=O)nc4O3)cc2)c1. The third-order valence-electron chi connectivity index (χ3n) is 5.05. The zero-order valence-corrected chi connectivity index (χ0v) is 16.5. The van der Waals surface area contributed by atoms with Crippen LogP contribution in [0.5, 0.6) is 11.8 Å². The number of halogens is 1. The van der Waals surface area contributed by atoms with Crippen LogP contribution in [0.3, 0.4) is 0 Å². The molecule has 0 saturated heterocycles. The summed E-state index contributed by atoms with van der Waals surface area (Å²) in [5, 5.41) is 0. The standard InChI is InChI=1S/C23H23FN2O3/c1-15(2)17-4-3-5-18(10-17)16-6-8-20(9-7-16)28-14-21-13-26-19(12-24)11-22(27)25-23(26)29-21/h3-11,15,21H,12-14H2,1-2H3. The smallest absolute Gasteiger partial charge is 0.300 e. The lowest BCUT2D eigenvalue weighted by molar-refractivity contribution is 0.143. The first kappa shape index (κ1) is 19.2. The molecule has 150 valence electrons. The second-order valence-corrected chi connectivity index (χ2v) is 7.47. The predicted molar refractivity (Wildman–Crippen MR) is 109 cm³/mol. The molecule has 1 aromatic heterocycles. The summed E-state index contributed by atoms with van der Waals surface area (Å²) >= 11 is 0. The fraction of sp³-hybridized carbons (Fsp3) is 0.304. The highest BCUT2D eigenvalue weighted by molar-refractivity contribution is 5.65. The molecule has 0 fully saturated rings. The van der Waals surface area contributed by atoms with Gasteiger partial charge in [-0.3, -0.25) is 9.36 Å². The molecule has 1 aliphatic heterocycles. The Morgan fingerprint density at radius 3 is 2.69 bits per heavy atom. The monoisotopic (exact) mass is 394 g/mol. The summed E-state index contributed by atoms with van der Waals surface area (Å²) in [6.45, 7) is 4.32. The first-order chi connectivity index (χ1) is 14.0. The Morgan fingerprint density at radius 1 is 1.17 bits per heavy atom. The molecule has 0 N–H and O–H groups in total. The minimum Gasteiger partial charge on any atom is -0.490 e. The van der Waals surface area contributed by atoms with E-state index in [0.717, 1.165) is 11.3 Å². The number of hydrogen-bond donors (Lipinski definition) is 0. The van der Waals surface area contributed by atoms with Crippen LogP contribution in [-0.2, 0) is 13.2 Å². The summed E-state index contributed by atoms with van der Waals surface area (Å²) in [5.41, 5.74) is 3.38. The average Bonchev–Trinajstić information content (AvgIpc) is 3.15. The summed E-state index contributed by atoms with van der Waals surface area (Å²) in [7, 11) is 0. The summed E-state index contributed by atoms with van der Waals surface area (Å²) in [4.78, 5) is 15.3. The van der Waals surface area contributed by atoms with E-state index < -0.39 is 12.2 Å². The van der Waals surface area contributed by atoms with Crippen LogP contribution in [0.1, 0.15) is 31.0 Å². The Kier molecular flexibility index (Phi) is 5.34. The molecule has 1 unspecified atom stereocenters. The molecule has 2 heterocycles. The van der Waals surface area contributed by atoms with Crippen molar-refractivity contribution in [2.24, 2.45) is 0 Å². The fourth-order valence-corrected chi connectivity index (χ4v) is 3.41. The van der Waals surface area contributed by atoms with Crippen LogP contribution in [0.4, 0.5) is 4.39 Å². The van der Waals surface area contributed by atoms with Crippen LogP contribution >= 0.6 is 0 Å². The molecular formula is C23H23FN2O3. The zero-order valence-electron chi connectivity index (χ0n) is 16.5. The molecule has 5 nitrogen and oxygen atoms in total. The fourth-order valence-electron chi connectivity index (χ4n) is 3.41. The van der Waals surface area contributed by atoms with Crippen molar-refractivity contribution >= 4 is 0 Å². The third-order valence-corrected chi connectivity index (χ3v) is 5.05. The number of alkyl halides is 1. The van der Waals surface area contributed by atoms with Crippen molar-refractivity contribution in [3.05, 3.63) is 76.2 Å². The molecule has 0 amide bonds. The first-order valence-corrected chi connectivity index (χ1v) is 9.70. The van der Waals surface area contributed by atoms with Gasteiger partial charge < -0.3 is 9.47 Å². The summed E-state index contributed by atoms with van der Waals surface area (Å²) in [6.07, 6.45) is -0.322. The number of ether oxygens (including phenoxy) is 2. The molecule has 29 heavy (non-hydrogen) atoms. The molecule has 3 aromatic rings. The van der Waals surface area contributed by atoms with E-state index in [0.29, 0.717) is 12.5 Å². The molecule has 0 radical (unpaired) electrons. The minimum atomic E-state index is -0.735. The van der Waals surface area contributed by atoms with Gasteiger partial charge in [-0.15, -0.1) is 0 Å². The van der Waals surface area contributed by atoms with E-state index >= 15 is 0 Å². The van der Waals surface area contributed by atoms with E-state index in [9.17, 15) is 9.18 Å². The van der Waals surface area contributed by atoms with Crippen LogP contribution in [0.2, 0.25) is 0 Å². The Balaban J connectivity index is 1.40. The average molecular weight is 394 g/mol. The molecule has 4 rings (SSSR count). The quantitative estimate of drug-likeness (QED) is 0.624. The summed E-state index contributed by atoms with van der Waals surface area (Å²) in [5.74, 6) is 1.21. The maximum Gasteiger partial charge on any atom is 0.300 e. The number of rotatable bonds is 6. The number of nitrogens with zero attached hydrogens (tertiary/aromatic N) is 2. The Morgan fingerprint density at radius 2 is 1.97 bits per heavy atom. The van der Waals surface area contributed by atoms with Gasteiger partial charge in [0.1, 0.15) is 19.0 Å². The number of aromatic nitrogens is 2. The summed E-state index contributed by atoms with van der Waals surface area (Å²) in [6, 6.07) is 17.8. The molecule has 0 bridgehead atoms. The van der Waals surface area contributed by atoms with Gasteiger partial charge in [0.15, 0.2) is 6.10 Å². The normalized spacial score (nSPS) is 15.2. The lowest BCUT2D eigenvalue weighted by atomic mass is 9.97. The van der Waals surface area contributed by atoms with Crippen molar-refractivity contribution in [3.8, 4) is 22.9 Å².